The van der Waals surface area contributed by atoms with E-state index in [1.807, 2.05) is 6.92 Å². The van der Waals surface area contributed by atoms with Crippen molar-refractivity contribution in [3.8, 4) is 0 Å². The van der Waals surface area contributed by atoms with Crippen molar-refractivity contribution in [1.29, 1.82) is 0 Å². The fraction of sp³-hybridized carbons (Fsp3) is 0.647. The summed E-state index contributed by atoms with van der Waals surface area (Å²) in [5.41, 5.74) is -0.0810. The summed E-state index contributed by atoms with van der Waals surface area (Å²) in [6, 6.07) is 4.49. The Labute approximate surface area is 147 Å². The number of nitro groups is 1. The van der Waals surface area contributed by atoms with Crippen LogP contribution in [0.15, 0.2) is 23.1 Å². The average molecular weight is 368 g/mol. The Morgan fingerprint density at radius 1 is 1.36 bits per heavy atom. The number of ether oxygens (including phenoxy) is 1. The first kappa shape index (κ1) is 18.1. The molecule has 1 spiro atoms. The lowest BCUT2D eigenvalue weighted by molar-refractivity contribution is -0.386. The van der Waals surface area contributed by atoms with Crippen LogP contribution in [0.5, 0.6) is 0 Å². The predicted octanol–water partition coefficient (Wildman–Crippen LogP) is 3.15. The standard InChI is InChI=1S/C17H24N2O5S/c1-3-24-15-11-14(17(15)9-4-5-10-17)18-12-7-6-8-13(25(2,22)23)16(12)19(20)21/h6-8,14-15,18H,3-5,9-11H2,1-2H3. The van der Waals surface area contributed by atoms with Crippen LogP contribution in [-0.4, -0.2) is 38.3 Å². The Morgan fingerprint density at radius 2 is 2.04 bits per heavy atom. The molecule has 25 heavy (non-hydrogen) atoms. The summed E-state index contributed by atoms with van der Waals surface area (Å²) in [6.07, 6.45) is 6.29. The third kappa shape index (κ3) is 3.13. The van der Waals surface area contributed by atoms with E-state index in [0.717, 1.165) is 38.4 Å². The highest BCUT2D eigenvalue weighted by Crippen LogP contribution is 2.56. The SMILES string of the molecule is CCOC1CC(Nc2cccc(S(C)(=O)=O)c2[N+](=O)[O-])C12CCCC2. The van der Waals surface area contributed by atoms with E-state index in [-0.39, 0.29) is 33.8 Å². The largest absolute Gasteiger partial charge is 0.378 e. The van der Waals surface area contributed by atoms with E-state index >= 15 is 0 Å². The van der Waals surface area contributed by atoms with E-state index in [2.05, 4.69) is 5.32 Å². The second kappa shape index (κ2) is 6.57. The van der Waals surface area contributed by atoms with E-state index in [9.17, 15) is 18.5 Å². The molecule has 0 saturated heterocycles. The van der Waals surface area contributed by atoms with Crippen LogP contribution in [0.1, 0.15) is 39.0 Å². The van der Waals surface area contributed by atoms with Crippen LogP contribution in [0.4, 0.5) is 11.4 Å². The zero-order valence-electron chi connectivity index (χ0n) is 14.5. The van der Waals surface area contributed by atoms with Gasteiger partial charge in [-0.1, -0.05) is 18.9 Å². The Hall–Kier alpha value is -1.67. The minimum absolute atomic E-state index is 0.00493. The van der Waals surface area contributed by atoms with Crippen LogP contribution >= 0.6 is 0 Å². The summed E-state index contributed by atoms with van der Waals surface area (Å²) in [5, 5.41) is 14.8. The highest BCUT2D eigenvalue weighted by molar-refractivity contribution is 7.90. The molecule has 0 radical (unpaired) electrons. The lowest BCUT2D eigenvalue weighted by atomic mass is 9.60. The fourth-order valence-corrected chi connectivity index (χ4v) is 5.26. The van der Waals surface area contributed by atoms with E-state index in [1.165, 1.54) is 6.07 Å². The van der Waals surface area contributed by atoms with Gasteiger partial charge in [0.15, 0.2) is 9.84 Å². The first-order valence-electron chi connectivity index (χ1n) is 8.65. The molecule has 138 valence electrons. The molecule has 2 fully saturated rings. The van der Waals surface area contributed by atoms with Crippen molar-refractivity contribution in [2.75, 3.05) is 18.2 Å². The molecule has 0 amide bonds. The van der Waals surface area contributed by atoms with Gasteiger partial charge in [-0.25, -0.2) is 8.42 Å². The van der Waals surface area contributed by atoms with Crippen molar-refractivity contribution in [1.82, 2.24) is 0 Å². The smallest absolute Gasteiger partial charge is 0.310 e. The molecule has 7 nitrogen and oxygen atoms in total. The van der Waals surface area contributed by atoms with Gasteiger partial charge in [0.1, 0.15) is 10.6 Å². The zero-order valence-corrected chi connectivity index (χ0v) is 15.3. The van der Waals surface area contributed by atoms with Gasteiger partial charge in [0.2, 0.25) is 0 Å². The van der Waals surface area contributed by atoms with Crippen LogP contribution in [0.3, 0.4) is 0 Å². The Bertz CT molecular complexity index is 771. The summed E-state index contributed by atoms with van der Waals surface area (Å²) in [4.78, 5) is 10.7. The number of nitrogens with zero attached hydrogens (tertiary/aromatic N) is 1. The van der Waals surface area contributed by atoms with Gasteiger partial charge < -0.3 is 10.1 Å². The number of hydrogen-bond acceptors (Lipinski definition) is 6. The van der Waals surface area contributed by atoms with E-state index in [4.69, 9.17) is 4.74 Å². The van der Waals surface area contributed by atoms with Gasteiger partial charge in [0.25, 0.3) is 0 Å². The molecule has 1 aromatic rings. The Kier molecular flexibility index (Phi) is 4.76. The lowest BCUT2D eigenvalue weighted by Crippen LogP contribution is -2.60. The topological polar surface area (TPSA) is 98.5 Å². The van der Waals surface area contributed by atoms with E-state index < -0.39 is 14.8 Å². The molecule has 2 unspecified atom stereocenters. The molecule has 2 aliphatic carbocycles. The van der Waals surface area contributed by atoms with Crippen molar-refractivity contribution in [3.05, 3.63) is 28.3 Å². The molecule has 0 aromatic heterocycles. The highest BCUT2D eigenvalue weighted by Gasteiger charge is 2.57. The molecular weight excluding hydrogens is 344 g/mol. The molecule has 8 heteroatoms. The molecule has 2 atom stereocenters. The maximum absolute atomic E-state index is 11.9. The Balaban J connectivity index is 1.92. The number of hydrogen-bond donors (Lipinski definition) is 1. The third-order valence-electron chi connectivity index (χ3n) is 5.60. The number of nitrogens with one attached hydrogen (secondary N) is 1. The average Bonchev–Trinajstić information content (AvgIpc) is 3.05. The number of para-hydroxylation sites is 1. The molecular formula is C17H24N2O5S. The molecule has 1 aromatic carbocycles. The number of nitro benzene ring substituents is 1. The monoisotopic (exact) mass is 368 g/mol. The number of rotatable bonds is 6. The molecule has 2 saturated carbocycles. The van der Waals surface area contributed by atoms with Crippen LogP contribution in [0.25, 0.3) is 0 Å². The van der Waals surface area contributed by atoms with Gasteiger partial charge in [-0.15, -0.1) is 0 Å². The van der Waals surface area contributed by atoms with Gasteiger partial charge in [-0.05, 0) is 38.3 Å². The third-order valence-corrected chi connectivity index (χ3v) is 6.73. The van der Waals surface area contributed by atoms with Crippen LogP contribution in [-0.2, 0) is 14.6 Å². The maximum Gasteiger partial charge on any atom is 0.310 e. The van der Waals surface area contributed by atoms with E-state index in [0.29, 0.717) is 6.61 Å². The van der Waals surface area contributed by atoms with Gasteiger partial charge in [-0.3, -0.25) is 10.1 Å². The second-order valence-corrected chi connectivity index (χ2v) is 8.98. The van der Waals surface area contributed by atoms with Gasteiger partial charge in [0, 0.05) is 24.3 Å². The van der Waals surface area contributed by atoms with Gasteiger partial charge >= 0.3 is 5.69 Å². The maximum atomic E-state index is 11.9. The molecule has 3 rings (SSSR count). The predicted molar refractivity (Wildman–Crippen MR) is 94.5 cm³/mol. The second-order valence-electron chi connectivity index (χ2n) is 7.00. The van der Waals surface area contributed by atoms with Crippen molar-refractivity contribution in [3.63, 3.8) is 0 Å². The lowest BCUT2D eigenvalue weighted by Gasteiger charge is -2.54. The van der Waals surface area contributed by atoms with Crippen molar-refractivity contribution in [2.45, 2.75) is 56.1 Å². The normalized spacial score (nSPS) is 24.9. The van der Waals surface area contributed by atoms with Gasteiger partial charge in [-0.2, -0.15) is 0 Å². The first-order chi connectivity index (χ1) is 11.8. The number of anilines is 1. The van der Waals surface area contributed by atoms with Crippen LogP contribution in [0.2, 0.25) is 0 Å². The van der Waals surface area contributed by atoms with E-state index in [1.54, 1.807) is 12.1 Å². The quantitative estimate of drug-likeness (QED) is 0.612. The zero-order chi connectivity index (χ0) is 18.2. The molecule has 1 N–H and O–H groups in total. The summed E-state index contributed by atoms with van der Waals surface area (Å²) < 4.78 is 29.7. The minimum Gasteiger partial charge on any atom is -0.378 e. The van der Waals surface area contributed by atoms with Crippen LogP contribution < -0.4 is 5.32 Å². The molecule has 0 bridgehead atoms. The summed E-state index contributed by atoms with van der Waals surface area (Å²) in [5.74, 6) is 0. The van der Waals surface area contributed by atoms with Gasteiger partial charge in [0.05, 0.1) is 11.0 Å². The highest BCUT2D eigenvalue weighted by atomic mass is 32.2. The Morgan fingerprint density at radius 3 is 2.60 bits per heavy atom. The van der Waals surface area contributed by atoms with Crippen molar-refractivity contribution >= 4 is 21.2 Å². The molecule has 0 aliphatic heterocycles. The van der Waals surface area contributed by atoms with Crippen LogP contribution in [0, 0.1) is 15.5 Å². The summed E-state index contributed by atoms with van der Waals surface area (Å²) in [7, 11) is -3.68. The molecule has 0 heterocycles. The number of benzene rings is 1. The minimum atomic E-state index is -3.68. The van der Waals surface area contributed by atoms with Crippen molar-refractivity contribution < 1.29 is 18.1 Å². The summed E-state index contributed by atoms with van der Waals surface area (Å²) in [6.45, 7) is 2.63. The summed E-state index contributed by atoms with van der Waals surface area (Å²) >= 11 is 0. The fourth-order valence-electron chi connectivity index (χ4n) is 4.40. The first-order valence-corrected chi connectivity index (χ1v) is 10.5. The molecule has 2 aliphatic rings. The number of sulfone groups is 1. The van der Waals surface area contributed by atoms with Crippen molar-refractivity contribution in [2.24, 2.45) is 5.41 Å².